The lowest BCUT2D eigenvalue weighted by Crippen LogP contribution is -2.29. The van der Waals surface area contributed by atoms with Gasteiger partial charge < -0.3 is 16.0 Å². The Kier molecular flexibility index (Phi) is 4.05. The second-order valence-electron chi connectivity index (χ2n) is 7.18. The molecule has 4 N–H and O–H groups in total. The molecule has 5 rings (SSSR count). The van der Waals surface area contributed by atoms with E-state index in [1.54, 1.807) is 6.20 Å². The van der Waals surface area contributed by atoms with E-state index in [1.165, 1.54) is 0 Å². The number of para-hydroxylation sites is 2. The summed E-state index contributed by atoms with van der Waals surface area (Å²) in [5, 5.41) is 8.13. The number of nitrogens with one attached hydrogen (secondary N) is 2. The first kappa shape index (κ1) is 16.9. The van der Waals surface area contributed by atoms with Crippen LogP contribution >= 0.6 is 0 Å². The summed E-state index contributed by atoms with van der Waals surface area (Å²) in [7, 11) is 0. The van der Waals surface area contributed by atoms with Crippen molar-refractivity contribution in [3.05, 3.63) is 42.4 Å². The summed E-state index contributed by atoms with van der Waals surface area (Å²) in [5.41, 5.74) is 11.2. The molecular formula is C20H22N8. The first-order valence-corrected chi connectivity index (χ1v) is 9.53. The third-order valence-corrected chi connectivity index (χ3v) is 5.29. The van der Waals surface area contributed by atoms with Crippen LogP contribution in [-0.4, -0.2) is 42.8 Å². The van der Waals surface area contributed by atoms with Gasteiger partial charge in [-0.25, -0.2) is 15.0 Å². The smallest absolute Gasteiger partial charge is 0.161 e. The summed E-state index contributed by atoms with van der Waals surface area (Å²) in [5.74, 6) is 0.975. The number of nitrogens with zero attached hydrogens (tertiary/aromatic N) is 5. The number of hydrogen-bond acceptors (Lipinski definition) is 6. The van der Waals surface area contributed by atoms with Crippen molar-refractivity contribution in [2.45, 2.75) is 25.8 Å². The molecule has 1 aromatic carbocycles. The number of aromatic amines is 1. The molecule has 4 heterocycles. The minimum Gasteiger partial charge on any atom is -0.382 e. The van der Waals surface area contributed by atoms with E-state index in [1.807, 2.05) is 31.2 Å². The van der Waals surface area contributed by atoms with E-state index in [0.717, 1.165) is 53.9 Å². The first-order valence-electron chi connectivity index (χ1n) is 9.53. The monoisotopic (exact) mass is 374 g/mol. The van der Waals surface area contributed by atoms with Gasteiger partial charge in [0, 0.05) is 11.8 Å². The Morgan fingerprint density at radius 1 is 1.14 bits per heavy atom. The summed E-state index contributed by atoms with van der Waals surface area (Å²) >= 11 is 0. The number of H-pyrrole nitrogens is 1. The Labute approximate surface area is 162 Å². The quantitative estimate of drug-likeness (QED) is 0.508. The van der Waals surface area contributed by atoms with Crippen LogP contribution in [0.5, 0.6) is 0 Å². The van der Waals surface area contributed by atoms with Crippen LogP contribution < -0.4 is 11.1 Å². The van der Waals surface area contributed by atoms with Gasteiger partial charge in [0.25, 0.3) is 0 Å². The van der Waals surface area contributed by atoms with Gasteiger partial charge in [-0.1, -0.05) is 12.1 Å². The fourth-order valence-corrected chi connectivity index (χ4v) is 3.76. The van der Waals surface area contributed by atoms with Gasteiger partial charge in [0.2, 0.25) is 0 Å². The molecule has 1 saturated heterocycles. The molecule has 8 nitrogen and oxygen atoms in total. The zero-order valence-electron chi connectivity index (χ0n) is 15.7. The second kappa shape index (κ2) is 6.72. The van der Waals surface area contributed by atoms with E-state index < -0.39 is 0 Å². The van der Waals surface area contributed by atoms with Gasteiger partial charge in [-0.2, -0.15) is 5.10 Å². The Morgan fingerprint density at radius 2 is 1.96 bits per heavy atom. The maximum absolute atomic E-state index is 6.12. The third-order valence-electron chi connectivity index (χ3n) is 5.29. The fourth-order valence-electron chi connectivity index (χ4n) is 3.76. The van der Waals surface area contributed by atoms with Crippen LogP contribution in [0.1, 0.15) is 24.6 Å². The molecule has 8 heteroatoms. The summed E-state index contributed by atoms with van der Waals surface area (Å²) < 4.78 is 2.07. The number of nitrogens with two attached hydrogens (primary N) is 1. The van der Waals surface area contributed by atoms with Gasteiger partial charge in [-0.15, -0.1) is 0 Å². The summed E-state index contributed by atoms with van der Waals surface area (Å²) in [4.78, 5) is 17.0. The number of hydrogen-bond donors (Lipinski definition) is 3. The molecule has 1 aliphatic heterocycles. The summed E-state index contributed by atoms with van der Waals surface area (Å²) in [6.45, 7) is 4.05. The molecule has 0 radical (unpaired) electrons. The number of imidazole rings is 1. The molecular weight excluding hydrogens is 352 g/mol. The van der Waals surface area contributed by atoms with E-state index in [0.29, 0.717) is 23.4 Å². The highest BCUT2D eigenvalue weighted by atomic mass is 15.3. The van der Waals surface area contributed by atoms with Crippen LogP contribution in [-0.2, 0) is 0 Å². The normalized spacial score (nSPS) is 15.3. The summed E-state index contributed by atoms with van der Waals surface area (Å²) in [6, 6.07) is 8.28. The Balaban J connectivity index is 1.55. The van der Waals surface area contributed by atoms with Crippen LogP contribution in [0.25, 0.3) is 33.8 Å². The predicted octanol–water partition coefficient (Wildman–Crippen LogP) is 2.70. The molecule has 3 aromatic heterocycles. The summed E-state index contributed by atoms with van der Waals surface area (Å²) in [6.07, 6.45) is 5.95. The highest BCUT2D eigenvalue weighted by Gasteiger charge is 2.20. The average Bonchev–Trinajstić information content (AvgIpc) is 3.33. The topological polar surface area (TPSA) is 110 Å². The minimum atomic E-state index is 0.353. The van der Waals surface area contributed by atoms with Crippen molar-refractivity contribution >= 4 is 16.9 Å². The largest absolute Gasteiger partial charge is 0.382 e. The number of aryl methyl sites for hydroxylation is 1. The number of fused-ring (bicyclic) bond motifs is 1. The van der Waals surface area contributed by atoms with Crippen LogP contribution in [0.4, 0.5) is 5.82 Å². The van der Waals surface area contributed by atoms with E-state index in [4.69, 9.17) is 15.8 Å². The van der Waals surface area contributed by atoms with Gasteiger partial charge in [0.15, 0.2) is 11.6 Å². The van der Waals surface area contributed by atoms with Crippen LogP contribution in [0.2, 0.25) is 0 Å². The lowest BCUT2D eigenvalue weighted by molar-refractivity contribution is 0.342. The molecule has 142 valence electrons. The SMILES string of the molecule is Cc1nn(C2CCNCC2)cc1-c1cnc(N)c(-c2nc3ccccc3[nH]2)n1. The van der Waals surface area contributed by atoms with Gasteiger partial charge in [-0.3, -0.25) is 4.68 Å². The number of piperidine rings is 1. The van der Waals surface area contributed by atoms with E-state index in [-0.39, 0.29) is 0 Å². The van der Waals surface area contributed by atoms with E-state index >= 15 is 0 Å². The maximum atomic E-state index is 6.12. The van der Waals surface area contributed by atoms with E-state index in [2.05, 4.69) is 31.1 Å². The molecule has 28 heavy (non-hydrogen) atoms. The zero-order chi connectivity index (χ0) is 19.1. The minimum absolute atomic E-state index is 0.353. The Morgan fingerprint density at radius 3 is 2.79 bits per heavy atom. The van der Waals surface area contributed by atoms with Crippen molar-refractivity contribution in [2.24, 2.45) is 0 Å². The molecule has 0 saturated carbocycles. The lowest BCUT2D eigenvalue weighted by Gasteiger charge is -2.22. The maximum Gasteiger partial charge on any atom is 0.161 e. The molecule has 0 spiro atoms. The fraction of sp³-hybridized carbons (Fsp3) is 0.300. The van der Waals surface area contributed by atoms with Gasteiger partial charge in [-0.05, 0) is 45.0 Å². The molecule has 1 fully saturated rings. The van der Waals surface area contributed by atoms with Crippen molar-refractivity contribution < 1.29 is 0 Å². The molecule has 1 aliphatic rings. The predicted molar refractivity (Wildman–Crippen MR) is 109 cm³/mol. The molecule has 4 aromatic rings. The number of anilines is 1. The van der Waals surface area contributed by atoms with Gasteiger partial charge in [0.05, 0.1) is 34.7 Å². The highest BCUT2D eigenvalue weighted by Crippen LogP contribution is 2.29. The van der Waals surface area contributed by atoms with Crippen molar-refractivity contribution in [3.8, 4) is 22.8 Å². The zero-order valence-corrected chi connectivity index (χ0v) is 15.7. The molecule has 0 bridgehead atoms. The second-order valence-corrected chi connectivity index (χ2v) is 7.18. The lowest BCUT2D eigenvalue weighted by atomic mass is 10.1. The molecule has 0 atom stereocenters. The molecule has 0 amide bonds. The highest BCUT2D eigenvalue weighted by molar-refractivity contribution is 5.81. The number of aromatic nitrogens is 6. The van der Waals surface area contributed by atoms with Crippen molar-refractivity contribution in [3.63, 3.8) is 0 Å². The first-order chi connectivity index (χ1) is 13.7. The number of nitrogen functional groups attached to an aromatic ring is 1. The Bertz CT molecular complexity index is 1100. The van der Waals surface area contributed by atoms with Gasteiger partial charge >= 0.3 is 0 Å². The van der Waals surface area contributed by atoms with Gasteiger partial charge in [0.1, 0.15) is 5.69 Å². The van der Waals surface area contributed by atoms with Crippen molar-refractivity contribution in [2.75, 3.05) is 18.8 Å². The molecule has 0 aliphatic carbocycles. The number of benzene rings is 1. The van der Waals surface area contributed by atoms with E-state index in [9.17, 15) is 0 Å². The third kappa shape index (κ3) is 2.91. The Hall–Kier alpha value is -3.26. The van der Waals surface area contributed by atoms with Crippen molar-refractivity contribution in [1.82, 2.24) is 35.0 Å². The standard InChI is InChI=1S/C20H22N8/c1-12-14(11-28(27-12)13-6-8-22-9-7-13)17-10-23-19(21)18(24-17)20-25-15-4-2-3-5-16(15)26-20/h2-5,10-11,13,22H,6-9H2,1H3,(H2,21,23)(H,25,26). The molecule has 0 unspecified atom stereocenters. The van der Waals surface area contributed by atoms with Crippen LogP contribution in [0.3, 0.4) is 0 Å². The average molecular weight is 374 g/mol. The van der Waals surface area contributed by atoms with Crippen LogP contribution in [0.15, 0.2) is 36.7 Å². The van der Waals surface area contributed by atoms with Crippen LogP contribution in [0, 0.1) is 6.92 Å². The number of rotatable bonds is 3. The van der Waals surface area contributed by atoms with Crippen molar-refractivity contribution in [1.29, 1.82) is 0 Å².